The number of aliphatic hydroxyl groups excluding tert-OH is 1. The summed E-state index contributed by atoms with van der Waals surface area (Å²) >= 11 is 0. The fourth-order valence-electron chi connectivity index (χ4n) is 6.04. The normalized spacial score (nSPS) is 11.1. The SMILES string of the molecule is CCC(CC)C(=O)/C=C(\O)C(CC)CC.Cc1[c-]c(-c2ncc(-c3cc(C)c(C#N)cc3C)nc2-c2cc(C)cc(C)c2)cc(C)c1.[Ir]. The first kappa shape index (κ1) is 40.3. The van der Waals surface area contributed by atoms with Gasteiger partial charge in [-0.15, -0.1) is 34.9 Å². The van der Waals surface area contributed by atoms with Gasteiger partial charge in [-0.1, -0.05) is 70.9 Å². The molecule has 1 aromatic heterocycles. The molecule has 48 heavy (non-hydrogen) atoms. The summed E-state index contributed by atoms with van der Waals surface area (Å²) in [6.45, 7) is 20.4. The van der Waals surface area contributed by atoms with Crippen LogP contribution in [0.3, 0.4) is 0 Å². The average molecular weight is 821 g/mol. The molecule has 4 rings (SSSR count). The summed E-state index contributed by atoms with van der Waals surface area (Å²) in [5.41, 5.74) is 12.7. The molecule has 0 aliphatic heterocycles. The van der Waals surface area contributed by atoms with Crippen LogP contribution >= 0.6 is 0 Å². The molecule has 1 radical (unpaired) electrons. The van der Waals surface area contributed by atoms with E-state index in [4.69, 9.17) is 9.97 Å². The van der Waals surface area contributed by atoms with E-state index in [9.17, 15) is 15.2 Å². The predicted octanol–water partition coefficient (Wildman–Crippen LogP) is 10.9. The molecule has 0 bridgehead atoms. The molecule has 0 saturated heterocycles. The van der Waals surface area contributed by atoms with Gasteiger partial charge in [0.05, 0.1) is 28.8 Å². The van der Waals surface area contributed by atoms with Crippen molar-refractivity contribution in [3.63, 3.8) is 0 Å². The number of hydrogen-bond acceptors (Lipinski definition) is 5. The molecule has 0 saturated carbocycles. The first-order valence-electron chi connectivity index (χ1n) is 16.8. The van der Waals surface area contributed by atoms with Crippen molar-refractivity contribution in [1.82, 2.24) is 9.97 Å². The summed E-state index contributed by atoms with van der Waals surface area (Å²) in [5, 5.41) is 19.1. The minimum absolute atomic E-state index is 0. The number of aliphatic hydroxyl groups is 1. The first-order valence-corrected chi connectivity index (χ1v) is 16.8. The second-order valence-corrected chi connectivity index (χ2v) is 12.7. The molecule has 0 fully saturated rings. The Balaban J connectivity index is 0.000000427. The average Bonchev–Trinajstić information content (AvgIpc) is 3.02. The fraction of sp³-hybridized carbons (Fsp3) is 0.381. The molecule has 0 atom stereocenters. The number of rotatable bonds is 10. The van der Waals surface area contributed by atoms with E-state index in [0.29, 0.717) is 5.56 Å². The minimum Gasteiger partial charge on any atom is -0.512 e. The van der Waals surface area contributed by atoms with Gasteiger partial charge < -0.3 is 10.1 Å². The Bertz CT molecular complexity index is 1750. The van der Waals surface area contributed by atoms with Crippen LogP contribution in [-0.4, -0.2) is 20.9 Å². The zero-order valence-corrected chi connectivity index (χ0v) is 32.6. The number of hydrogen-bond donors (Lipinski definition) is 1. The fourth-order valence-corrected chi connectivity index (χ4v) is 6.04. The molecular formula is C42H50IrN3O2-. The van der Waals surface area contributed by atoms with Gasteiger partial charge in [0, 0.05) is 55.5 Å². The maximum absolute atomic E-state index is 11.7. The Morgan fingerprint density at radius 3 is 1.94 bits per heavy atom. The van der Waals surface area contributed by atoms with Gasteiger partial charge in [-0.2, -0.15) is 5.26 Å². The molecule has 0 aliphatic carbocycles. The molecule has 1 N–H and O–H groups in total. The van der Waals surface area contributed by atoms with Gasteiger partial charge in [-0.3, -0.25) is 9.78 Å². The summed E-state index contributed by atoms with van der Waals surface area (Å²) < 4.78 is 0. The van der Waals surface area contributed by atoms with Crippen LogP contribution in [0.15, 0.2) is 60.5 Å². The van der Waals surface area contributed by atoms with Gasteiger partial charge in [-0.25, -0.2) is 0 Å². The third-order valence-electron chi connectivity index (χ3n) is 8.72. The second kappa shape index (κ2) is 18.6. The number of nitriles is 1. The Morgan fingerprint density at radius 2 is 1.40 bits per heavy atom. The Labute approximate surface area is 301 Å². The third kappa shape index (κ3) is 10.3. The van der Waals surface area contributed by atoms with Crippen molar-refractivity contribution >= 4 is 5.78 Å². The Kier molecular flexibility index (Phi) is 15.6. The van der Waals surface area contributed by atoms with Crippen LogP contribution in [0.25, 0.3) is 33.8 Å². The third-order valence-corrected chi connectivity index (χ3v) is 8.72. The first-order chi connectivity index (χ1) is 22.3. The van der Waals surface area contributed by atoms with Crippen molar-refractivity contribution in [3.05, 3.63) is 106 Å². The van der Waals surface area contributed by atoms with E-state index in [0.717, 1.165) is 76.1 Å². The molecule has 0 aliphatic rings. The van der Waals surface area contributed by atoms with E-state index in [1.165, 1.54) is 22.8 Å². The quantitative estimate of drug-likeness (QED) is 0.0978. The molecule has 5 nitrogen and oxygen atoms in total. The topological polar surface area (TPSA) is 86.9 Å². The summed E-state index contributed by atoms with van der Waals surface area (Å²) in [6, 6.07) is 20.4. The molecule has 255 valence electrons. The second-order valence-electron chi connectivity index (χ2n) is 12.7. The monoisotopic (exact) mass is 821 g/mol. The molecule has 3 aromatic carbocycles. The van der Waals surface area contributed by atoms with Gasteiger partial charge in [0.25, 0.3) is 0 Å². The van der Waals surface area contributed by atoms with Crippen molar-refractivity contribution < 1.29 is 30.0 Å². The van der Waals surface area contributed by atoms with Crippen LogP contribution in [-0.2, 0) is 24.9 Å². The Hall–Kier alpha value is -3.91. The molecule has 1 heterocycles. The summed E-state index contributed by atoms with van der Waals surface area (Å²) in [4.78, 5) is 21.7. The predicted molar refractivity (Wildman–Crippen MR) is 194 cm³/mol. The van der Waals surface area contributed by atoms with Gasteiger partial charge in [-0.05, 0) is 82.2 Å². The smallest absolute Gasteiger partial charge is 0.162 e. The van der Waals surface area contributed by atoms with Crippen molar-refractivity contribution in [2.45, 2.75) is 94.9 Å². The van der Waals surface area contributed by atoms with Crippen LogP contribution in [0.2, 0.25) is 0 Å². The Morgan fingerprint density at radius 1 is 0.812 bits per heavy atom. The minimum atomic E-state index is 0. The summed E-state index contributed by atoms with van der Waals surface area (Å²) in [5.74, 6) is 0.547. The van der Waals surface area contributed by atoms with E-state index < -0.39 is 0 Å². The van der Waals surface area contributed by atoms with Gasteiger partial charge in [0.1, 0.15) is 0 Å². The van der Waals surface area contributed by atoms with Crippen LogP contribution in [0, 0.1) is 70.8 Å². The summed E-state index contributed by atoms with van der Waals surface area (Å²) in [7, 11) is 0. The van der Waals surface area contributed by atoms with Crippen LogP contribution in [0.4, 0.5) is 0 Å². The number of aryl methyl sites for hydroxylation is 6. The standard InChI is InChI=1S/C29H26N3.C13H24O2.Ir/c1-17-7-18(2)10-23(9-17)28-29(24-11-19(3)8-20(4)12-24)32-27(16-31-28)26-14-21(5)25(15-30)13-22(26)6;1-5-10(6-2)12(14)9-13(15)11(7-3)8-4;/h7-9,11-14,16H,1-6H3;9-11,14H,5-8H2,1-4H3;/q-1;;/b;12-9-;. The molecule has 0 unspecified atom stereocenters. The number of carbonyl (C=O) groups is 1. The number of carbonyl (C=O) groups excluding carboxylic acids is 1. The zero-order chi connectivity index (χ0) is 34.8. The number of nitrogens with zero attached hydrogens (tertiary/aromatic N) is 3. The van der Waals surface area contributed by atoms with Gasteiger partial charge >= 0.3 is 0 Å². The number of aromatic nitrogens is 2. The van der Waals surface area contributed by atoms with Crippen molar-refractivity contribution in [2.75, 3.05) is 0 Å². The van der Waals surface area contributed by atoms with E-state index in [1.807, 2.05) is 59.9 Å². The van der Waals surface area contributed by atoms with Crippen molar-refractivity contribution in [3.8, 4) is 39.8 Å². The molecular weight excluding hydrogens is 771 g/mol. The number of ketones is 1. The van der Waals surface area contributed by atoms with E-state index in [1.54, 1.807) is 0 Å². The molecule has 4 aromatic rings. The number of allylic oxidation sites excluding steroid dienone is 2. The maximum atomic E-state index is 11.7. The zero-order valence-electron chi connectivity index (χ0n) is 30.2. The van der Waals surface area contributed by atoms with Crippen LogP contribution in [0.1, 0.15) is 92.3 Å². The number of benzene rings is 3. The van der Waals surface area contributed by atoms with Crippen molar-refractivity contribution in [2.24, 2.45) is 11.8 Å². The van der Waals surface area contributed by atoms with Crippen molar-refractivity contribution in [1.29, 1.82) is 5.26 Å². The molecule has 6 heteroatoms. The van der Waals surface area contributed by atoms with Crippen LogP contribution < -0.4 is 0 Å². The van der Waals surface area contributed by atoms with Crippen LogP contribution in [0.5, 0.6) is 0 Å². The summed E-state index contributed by atoms with van der Waals surface area (Å²) in [6.07, 6.45) is 6.74. The largest absolute Gasteiger partial charge is 0.512 e. The van der Waals surface area contributed by atoms with Gasteiger partial charge in [0.15, 0.2) is 5.78 Å². The van der Waals surface area contributed by atoms with E-state index in [-0.39, 0.29) is 43.5 Å². The van der Waals surface area contributed by atoms with E-state index in [2.05, 4.69) is 70.2 Å². The molecule has 0 spiro atoms. The van der Waals surface area contributed by atoms with E-state index >= 15 is 0 Å². The maximum Gasteiger partial charge on any atom is 0.162 e. The molecule has 0 amide bonds. The van der Waals surface area contributed by atoms with Gasteiger partial charge in [0.2, 0.25) is 0 Å².